The van der Waals surface area contributed by atoms with E-state index in [1.165, 1.54) is 16.7 Å². The molecule has 0 aliphatic carbocycles. The summed E-state index contributed by atoms with van der Waals surface area (Å²) in [7, 11) is 2.16. The molecule has 1 aliphatic rings. The van der Waals surface area contributed by atoms with E-state index in [1.54, 1.807) is 24.2 Å². The first-order valence-electron chi connectivity index (χ1n) is 7.53. The number of aromatic amines is 1. The van der Waals surface area contributed by atoms with E-state index in [1.807, 2.05) is 12.1 Å². The van der Waals surface area contributed by atoms with Crippen LogP contribution in [0.25, 0.3) is 11.4 Å². The summed E-state index contributed by atoms with van der Waals surface area (Å²) in [4.78, 5) is 10.9. The van der Waals surface area contributed by atoms with Gasteiger partial charge in [0.15, 0.2) is 5.82 Å². The van der Waals surface area contributed by atoms with E-state index in [2.05, 4.69) is 50.3 Å². The summed E-state index contributed by atoms with van der Waals surface area (Å²) in [5, 5.41) is 8.05. The van der Waals surface area contributed by atoms with Gasteiger partial charge in [0.2, 0.25) is 5.16 Å². The molecule has 1 N–H and O–H groups in total. The predicted octanol–water partition coefficient (Wildman–Crippen LogP) is 3.10. The lowest BCUT2D eigenvalue weighted by Crippen LogP contribution is -2.07. The van der Waals surface area contributed by atoms with Crippen molar-refractivity contribution in [2.24, 2.45) is 0 Å². The molecular formula is C17H17N5S. The molecule has 2 aromatic heterocycles. The van der Waals surface area contributed by atoms with E-state index in [9.17, 15) is 0 Å². The number of hydrogen-bond donors (Lipinski definition) is 1. The monoisotopic (exact) mass is 323 g/mol. The molecule has 1 aliphatic heterocycles. The Morgan fingerprint density at radius 1 is 1.13 bits per heavy atom. The van der Waals surface area contributed by atoms with Gasteiger partial charge in [0.05, 0.1) is 0 Å². The van der Waals surface area contributed by atoms with Crippen LogP contribution in [0.3, 0.4) is 0 Å². The van der Waals surface area contributed by atoms with E-state index in [4.69, 9.17) is 0 Å². The summed E-state index contributed by atoms with van der Waals surface area (Å²) in [5.74, 6) is 1.66. The van der Waals surface area contributed by atoms with Crippen LogP contribution in [0.4, 0.5) is 0 Å². The van der Waals surface area contributed by atoms with Crippen molar-refractivity contribution >= 4 is 11.8 Å². The zero-order valence-corrected chi connectivity index (χ0v) is 13.7. The highest BCUT2D eigenvalue weighted by Crippen LogP contribution is 2.26. The second-order valence-electron chi connectivity index (χ2n) is 5.77. The van der Waals surface area contributed by atoms with Crippen molar-refractivity contribution < 1.29 is 0 Å². The molecule has 6 heteroatoms. The molecule has 23 heavy (non-hydrogen) atoms. The maximum absolute atomic E-state index is 4.54. The molecule has 116 valence electrons. The molecule has 3 heterocycles. The topological polar surface area (TPSA) is 57.7 Å². The Hall–Kier alpha value is -2.18. The lowest BCUT2D eigenvalue weighted by molar-refractivity contribution is 0.353. The number of benzene rings is 1. The highest BCUT2D eigenvalue weighted by atomic mass is 32.2. The van der Waals surface area contributed by atoms with E-state index < -0.39 is 0 Å². The van der Waals surface area contributed by atoms with Crippen LogP contribution in [-0.4, -0.2) is 32.1 Å². The third kappa shape index (κ3) is 3.13. The van der Waals surface area contributed by atoms with Crippen LogP contribution >= 0.6 is 11.8 Å². The first-order chi connectivity index (χ1) is 11.3. The van der Waals surface area contributed by atoms with Crippen LogP contribution in [0.15, 0.2) is 47.9 Å². The Bertz CT molecular complexity index is 815. The van der Waals surface area contributed by atoms with E-state index in [-0.39, 0.29) is 0 Å². The van der Waals surface area contributed by atoms with Gasteiger partial charge in [-0.1, -0.05) is 30.0 Å². The average Bonchev–Trinajstić information content (AvgIpc) is 3.18. The van der Waals surface area contributed by atoms with Crippen LogP contribution < -0.4 is 0 Å². The van der Waals surface area contributed by atoms with Gasteiger partial charge in [0.25, 0.3) is 0 Å². The normalized spacial score (nSPS) is 14.1. The molecular weight excluding hydrogens is 306 g/mol. The van der Waals surface area contributed by atoms with Crippen LogP contribution in [0, 0.1) is 0 Å². The highest BCUT2D eigenvalue weighted by molar-refractivity contribution is 7.98. The van der Waals surface area contributed by atoms with E-state index >= 15 is 0 Å². The number of fused-ring (bicyclic) bond motifs is 1. The molecule has 1 aromatic carbocycles. The highest BCUT2D eigenvalue weighted by Gasteiger charge is 2.15. The smallest absolute Gasteiger partial charge is 0.209 e. The number of pyridine rings is 1. The Labute approximate surface area is 139 Å². The Morgan fingerprint density at radius 2 is 1.96 bits per heavy atom. The molecule has 0 radical (unpaired) electrons. The fraction of sp³-hybridized carbons (Fsp3) is 0.235. The quantitative estimate of drug-likeness (QED) is 0.748. The summed E-state index contributed by atoms with van der Waals surface area (Å²) < 4.78 is 0. The molecule has 0 amide bonds. The molecule has 3 aromatic rings. The van der Waals surface area contributed by atoms with Gasteiger partial charge >= 0.3 is 0 Å². The summed E-state index contributed by atoms with van der Waals surface area (Å²) in [6.07, 6.45) is 3.51. The Morgan fingerprint density at radius 3 is 2.83 bits per heavy atom. The van der Waals surface area contributed by atoms with Crippen molar-refractivity contribution in [1.82, 2.24) is 25.1 Å². The molecule has 5 nitrogen and oxygen atoms in total. The van der Waals surface area contributed by atoms with Crippen molar-refractivity contribution in [1.29, 1.82) is 0 Å². The third-order valence-electron chi connectivity index (χ3n) is 3.94. The van der Waals surface area contributed by atoms with Gasteiger partial charge in [-0.3, -0.25) is 15.0 Å². The molecule has 0 fully saturated rings. The third-order valence-corrected chi connectivity index (χ3v) is 4.86. The van der Waals surface area contributed by atoms with Crippen LogP contribution in [0.1, 0.15) is 16.7 Å². The van der Waals surface area contributed by atoms with Gasteiger partial charge in [-0.15, -0.1) is 5.10 Å². The van der Waals surface area contributed by atoms with E-state index in [0.717, 1.165) is 35.4 Å². The SMILES string of the molecule is CN1Cc2ccc(CSc3n[nH]c(-c4ccncc4)n3)cc2C1. The molecule has 0 saturated carbocycles. The number of hydrogen-bond acceptors (Lipinski definition) is 5. The van der Waals surface area contributed by atoms with Crippen molar-refractivity contribution in [2.75, 3.05) is 7.05 Å². The number of nitrogens with one attached hydrogen (secondary N) is 1. The van der Waals surface area contributed by atoms with Gasteiger partial charge in [-0.05, 0) is 35.9 Å². The standard InChI is InChI=1S/C17H17N5S/c1-22-9-14-3-2-12(8-15(14)10-22)11-23-17-19-16(20-21-17)13-4-6-18-7-5-13/h2-8H,9-11H2,1H3,(H,19,20,21). The van der Waals surface area contributed by atoms with Crippen molar-refractivity contribution in [3.05, 3.63) is 59.4 Å². The summed E-state index contributed by atoms with van der Waals surface area (Å²) in [6, 6.07) is 10.6. The van der Waals surface area contributed by atoms with Gasteiger partial charge < -0.3 is 0 Å². The maximum Gasteiger partial charge on any atom is 0.209 e. The molecule has 0 saturated heterocycles. The minimum atomic E-state index is 0.773. The Kier molecular flexibility index (Phi) is 3.85. The minimum Gasteiger partial charge on any atom is -0.298 e. The molecule has 0 atom stereocenters. The van der Waals surface area contributed by atoms with Crippen LogP contribution in [-0.2, 0) is 18.8 Å². The van der Waals surface area contributed by atoms with Gasteiger partial charge in [0.1, 0.15) is 0 Å². The minimum absolute atomic E-state index is 0.773. The van der Waals surface area contributed by atoms with E-state index in [0.29, 0.717) is 0 Å². The fourth-order valence-corrected chi connectivity index (χ4v) is 3.55. The number of aromatic nitrogens is 4. The molecule has 0 unspecified atom stereocenters. The van der Waals surface area contributed by atoms with Crippen molar-refractivity contribution in [3.63, 3.8) is 0 Å². The van der Waals surface area contributed by atoms with Crippen LogP contribution in [0.2, 0.25) is 0 Å². The van der Waals surface area contributed by atoms with Gasteiger partial charge in [-0.25, -0.2) is 4.98 Å². The Balaban J connectivity index is 1.44. The summed E-state index contributed by atoms with van der Waals surface area (Å²) >= 11 is 1.65. The first kappa shape index (κ1) is 14.4. The van der Waals surface area contributed by atoms with Gasteiger partial charge in [-0.2, -0.15) is 0 Å². The van der Waals surface area contributed by atoms with Crippen molar-refractivity contribution in [2.45, 2.75) is 24.0 Å². The molecule has 0 bridgehead atoms. The first-order valence-corrected chi connectivity index (χ1v) is 8.51. The maximum atomic E-state index is 4.54. The zero-order chi connectivity index (χ0) is 15.6. The van der Waals surface area contributed by atoms with Crippen LogP contribution in [0.5, 0.6) is 0 Å². The summed E-state index contributed by atoms with van der Waals surface area (Å²) in [6.45, 7) is 2.10. The number of thioether (sulfide) groups is 1. The number of rotatable bonds is 4. The van der Waals surface area contributed by atoms with Gasteiger partial charge in [0, 0.05) is 36.8 Å². The van der Waals surface area contributed by atoms with Crippen molar-refractivity contribution in [3.8, 4) is 11.4 Å². The predicted molar refractivity (Wildman–Crippen MR) is 90.8 cm³/mol. The lowest BCUT2D eigenvalue weighted by Gasteiger charge is -2.03. The average molecular weight is 323 g/mol. The second-order valence-corrected chi connectivity index (χ2v) is 6.71. The number of nitrogens with zero attached hydrogens (tertiary/aromatic N) is 4. The second kappa shape index (κ2) is 6.14. The summed E-state index contributed by atoms with van der Waals surface area (Å²) in [5.41, 5.74) is 5.21. The number of H-pyrrole nitrogens is 1. The zero-order valence-electron chi connectivity index (χ0n) is 12.9. The molecule has 0 spiro atoms. The molecule has 4 rings (SSSR count). The fourth-order valence-electron chi connectivity index (χ4n) is 2.81. The lowest BCUT2D eigenvalue weighted by atomic mass is 10.1. The largest absolute Gasteiger partial charge is 0.298 e.